The van der Waals surface area contributed by atoms with Gasteiger partial charge in [-0.1, -0.05) is 39.3 Å². The molecule has 0 radical (unpaired) electrons. The number of allylic oxidation sites excluding steroid dienone is 2. The summed E-state index contributed by atoms with van der Waals surface area (Å²) < 4.78 is 0. The van der Waals surface area contributed by atoms with Crippen molar-refractivity contribution in [1.29, 1.82) is 0 Å². The van der Waals surface area contributed by atoms with Crippen molar-refractivity contribution < 1.29 is 4.79 Å². The molecule has 1 nitrogen and oxygen atoms in total. The van der Waals surface area contributed by atoms with Gasteiger partial charge in [-0.15, -0.1) is 0 Å². The minimum absolute atomic E-state index is 0.0579. The Morgan fingerprint density at radius 2 is 1.71 bits per heavy atom. The van der Waals surface area contributed by atoms with Crippen LogP contribution in [0.2, 0.25) is 0 Å². The lowest BCUT2D eigenvalue weighted by molar-refractivity contribution is -0.154. The Morgan fingerprint density at radius 1 is 0.952 bits per heavy atom. The zero-order chi connectivity index (χ0) is 14.9. The van der Waals surface area contributed by atoms with Crippen LogP contribution in [0.4, 0.5) is 0 Å². The van der Waals surface area contributed by atoms with Crippen LogP contribution in [0.1, 0.15) is 72.1 Å². The summed E-state index contributed by atoms with van der Waals surface area (Å²) in [5, 5.41) is 0. The van der Waals surface area contributed by atoms with Crippen LogP contribution in [0, 0.1) is 33.5 Å². The molecule has 116 valence electrons. The number of rotatable bonds is 1. The molecule has 0 N–H and O–H groups in total. The maximum Gasteiger partial charge on any atom is 0.126 e. The number of carbonyl (C=O) groups is 1. The van der Waals surface area contributed by atoms with Crippen LogP contribution < -0.4 is 0 Å². The highest BCUT2D eigenvalue weighted by Gasteiger charge is 2.63. The second-order valence-electron chi connectivity index (χ2n) is 9.56. The molecule has 4 rings (SSSR count). The highest BCUT2D eigenvalue weighted by molar-refractivity contribution is 5.60. The van der Waals surface area contributed by atoms with Gasteiger partial charge in [0.1, 0.15) is 6.29 Å². The molecule has 0 aliphatic heterocycles. The first-order valence-corrected chi connectivity index (χ1v) is 9.03. The zero-order valence-electron chi connectivity index (χ0n) is 14.0. The van der Waals surface area contributed by atoms with Crippen LogP contribution in [0.25, 0.3) is 0 Å². The molecule has 1 heteroatoms. The molecule has 3 fully saturated rings. The lowest BCUT2D eigenvalue weighted by atomic mass is 9.40. The third-order valence-electron chi connectivity index (χ3n) is 8.24. The van der Waals surface area contributed by atoms with E-state index in [4.69, 9.17) is 0 Å². The Morgan fingerprint density at radius 3 is 2.48 bits per heavy atom. The second kappa shape index (κ2) is 4.03. The van der Waals surface area contributed by atoms with Gasteiger partial charge in [0.05, 0.1) is 0 Å². The molecule has 2 bridgehead atoms. The van der Waals surface area contributed by atoms with E-state index in [0.29, 0.717) is 22.2 Å². The van der Waals surface area contributed by atoms with Crippen LogP contribution in [0.5, 0.6) is 0 Å². The SMILES string of the molecule is CC12C=CC3(CCC4C(C)(C=O)CCCC4(C)C3CC1)C2. The van der Waals surface area contributed by atoms with Crippen molar-refractivity contribution in [3.63, 3.8) is 0 Å². The Bertz CT molecular complexity index is 508. The maximum absolute atomic E-state index is 11.8. The second-order valence-corrected chi connectivity index (χ2v) is 9.56. The van der Waals surface area contributed by atoms with E-state index < -0.39 is 0 Å². The molecule has 0 amide bonds. The van der Waals surface area contributed by atoms with Gasteiger partial charge >= 0.3 is 0 Å². The van der Waals surface area contributed by atoms with Crippen molar-refractivity contribution in [1.82, 2.24) is 0 Å². The average Bonchev–Trinajstić information content (AvgIpc) is 2.69. The third-order valence-corrected chi connectivity index (χ3v) is 8.24. The van der Waals surface area contributed by atoms with Gasteiger partial charge in [0, 0.05) is 5.41 Å². The number of carbonyl (C=O) groups excluding carboxylic acids is 1. The molecule has 4 aliphatic carbocycles. The van der Waals surface area contributed by atoms with E-state index >= 15 is 0 Å². The van der Waals surface area contributed by atoms with Crippen LogP contribution in [-0.4, -0.2) is 6.29 Å². The van der Waals surface area contributed by atoms with Gasteiger partial charge in [-0.25, -0.2) is 0 Å². The van der Waals surface area contributed by atoms with Gasteiger partial charge in [-0.3, -0.25) is 0 Å². The normalized spacial score (nSPS) is 58.4. The van der Waals surface area contributed by atoms with Crippen molar-refractivity contribution in [3.05, 3.63) is 12.2 Å². The fraction of sp³-hybridized carbons (Fsp3) is 0.850. The van der Waals surface area contributed by atoms with Crippen LogP contribution in [-0.2, 0) is 4.79 Å². The van der Waals surface area contributed by atoms with E-state index in [1.165, 1.54) is 51.2 Å². The minimum Gasteiger partial charge on any atom is -0.303 e. The largest absolute Gasteiger partial charge is 0.303 e. The molecule has 0 heterocycles. The molecular weight excluding hydrogens is 256 g/mol. The summed E-state index contributed by atoms with van der Waals surface area (Å²) in [6, 6.07) is 0. The Balaban J connectivity index is 1.75. The third kappa shape index (κ3) is 1.67. The summed E-state index contributed by atoms with van der Waals surface area (Å²) in [5.41, 5.74) is 1.28. The molecule has 0 aromatic heterocycles. The maximum atomic E-state index is 11.8. The van der Waals surface area contributed by atoms with Gasteiger partial charge in [0.25, 0.3) is 0 Å². The molecular formula is C20H30O. The minimum atomic E-state index is -0.0579. The lowest BCUT2D eigenvalue weighted by Crippen LogP contribution is -2.57. The van der Waals surface area contributed by atoms with E-state index in [0.717, 1.165) is 12.3 Å². The molecule has 0 aromatic carbocycles. The predicted molar refractivity (Wildman–Crippen MR) is 85.9 cm³/mol. The molecule has 21 heavy (non-hydrogen) atoms. The van der Waals surface area contributed by atoms with Crippen molar-refractivity contribution in [2.24, 2.45) is 33.5 Å². The lowest BCUT2D eigenvalue weighted by Gasteiger charge is -2.63. The van der Waals surface area contributed by atoms with Gasteiger partial charge < -0.3 is 4.79 Å². The fourth-order valence-electron chi connectivity index (χ4n) is 7.32. The highest BCUT2D eigenvalue weighted by Crippen LogP contribution is 2.71. The first kappa shape index (κ1) is 14.0. The molecule has 6 atom stereocenters. The fourth-order valence-corrected chi connectivity index (χ4v) is 7.32. The topological polar surface area (TPSA) is 17.1 Å². The average molecular weight is 286 g/mol. The Kier molecular flexibility index (Phi) is 2.69. The van der Waals surface area contributed by atoms with Crippen LogP contribution in [0.3, 0.4) is 0 Å². The van der Waals surface area contributed by atoms with E-state index in [1.807, 2.05) is 0 Å². The van der Waals surface area contributed by atoms with E-state index in [-0.39, 0.29) is 5.41 Å². The van der Waals surface area contributed by atoms with E-state index in [2.05, 4.69) is 32.9 Å². The Hall–Kier alpha value is -0.590. The monoisotopic (exact) mass is 286 g/mol. The molecule has 1 spiro atoms. The summed E-state index contributed by atoms with van der Waals surface area (Å²) in [4.78, 5) is 11.8. The van der Waals surface area contributed by atoms with Crippen LogP contribution in [0.15, 0.2) is 12.2 Å². The standard InChI is InChI=1S/C20H30O/c1-17-9-5-16-19(3)8-4-7-18(2,14-21)15(19)6-10-20(16,13-17)12-11-17/h11-12,14-16H,4-10,13H2,1-3H3. The summed E-state index contributed by atoms with van der Waals surface area (Å²) in [6.45, 7) is 7.25. The van der Waals surface area contributed by atoms with Crippen molar-refractivity contribution in [3.8, 4) is 0 Å². The molecule has 0 aromatic rings. The van der Waals surface area contributed by atoms with Crippen LogP contribution >= 0.6 is 0 Å². The number of fused-ring (bicyclic) bond motifs is 3. The summed E-state index contributed by atoms with van der Waals surface area (Å²) >= 11 is 0. The first-order valence-electron chi connectivity index (χ1n) is 9.03. The van der Waals surface area contributed by atoms with Gasteiger partial charge in [-0.2, -0.15) is 0 Å². The quantitative estimate of drug-likeness (QED) is 0.481. The smallest absolute Gasteiger partial charge is 0.126 e. The van der Waals surface area contributed by atoms with Crippen molar-refractivity contribution in [2.75, 3.05) is 0 Å². The van der Waals surface area contributed by atoms with Gasteiger partial charge in [-0.05, 0) is 73.0 Å². The first-order chi connectivity index (χ1) is 9.86. The summed E-state index contributed by atoms with van der Waals surface area (Å²) in [6.07, 6.45) is 16.9. The number of aldehydes is 1. The predicted octanol–water partition coefficient (Wildman–Crippen LogP) is 5.15. The summed E-state index contributed by atoms with van der Waals surface area (Å²) in [5.74, 6) is 1.43. The van der Waals surface area contributed by atoms with E-state index in [9.17, 15) is 4.79 Å². The van der Waals surface area contributed by atoms with Crippen molar-refractivity contribution >= 4 is 6.29 Å². The highest BCUT2D eigenvalue weighted by atomic mass is 16.1. The molecule has 6 unspecified atom stereocenters. The zero-order valence-corrected chi connectivity index (χ0v) is 14.0. The number of hydrogen-bond acceptors (Lipinski definition) is 1. The molecule has 4 aliphatic rings. The van der Waals surface area contributed by atoms with Gasteiger partial charge in [0.2, 0.25) is 0 Å². The van der Waals surface area contributed by atoms with Crippen molar-refractivity contribution in [2.45, 2.75) is 72.1 Å². The van der Waals surface area contributed by atoms with Gasteiger partial charge in [0.15, 0.2) is 0 Å². The number of hydrogen-bond donors (Lipinski definition) is 0. The molecule has 3 saturated carbocycles. The molecule has 0 saturated heterocycles. The summed E-state index contributed by atoms with van der Waals surface area (Å²) in [7, 11) is 0. The van der Waals surface area contributed by atoms with E-state index in [1.54, 1.807) is 0 Å². The Labute approximate surface area is 129 Å².